The van der Waals surface area contributed by atoms with E-state index < -0.39 is 5.97 Å². The van der Waals surface area contributed by atoms with E-state index in [0.717, 1.165) is 21.2 Å². The van der Waals surface area contributed by atoms with Gasteiger partial charge in [-0.05, 0) is 59.2 Å². The summed E-state index contributed by atoms with van der Waals surface area (Å²) in [7, 11) is 0. The molecule has 0 saturated heterocycles. The number of halogens is 1. The predicted molar refractivity (Wildman–Crippen MR) is 126 cm³/mol. The van der Waals surface area contributed by atoms with Gasteiger partial charge in [-0.3, -0.25) is 9.59 Å². The van der Waals surface area contributed by atoms with Crippen molar-refractivity contribution in [3.63, 3.8) is 0 Å². The van der Waals surface area contributed by atoms with Crippen LogP contribution in [0.2, 0.25) is 0 Å². The van der Waals surface area contributed by atoms with Crippen LogP contribution < -0.4 is 5.32 Å². The van der Waals surface area contributed by atoms with Gasteiger partial charge in [0, 0.05) is 22.7 Å². The average molecular weight is 491 g/mol. The Kier molecular flexibility index (Phi) is 6.47. The number of nitrogens with zero attached hydrogens (tertiary/aromatic N) is 1. The fraction of sp³-hybridized carbons (Fsp3) is 0.0800. The lowest BCUT2D eigenvalue weighted by atomic mass is 10.1. The van der Waals surface area contributed by atoms with E-state index in [-0.39, 0.29) is 12.3 Å². The molecule has 2 N–H and O–H groups in total. The van der Waals surface area contributed by atoms with Crippen molar-refractivity contribution in [2.75, 3.05) is 0 Å². The Labute approximate surface area is 192 Å². The minimum atomic E-state index is -0.890. The molecule has 1 amide bonds. The van der Waals surface area contributed by atoms with Gasteiger partial charge in [0.1, 0.15) is 5.52 Å². The topological polar surface area (TPSA) is 92.4 Å². The zero-order chi connectivity index (χ0) is 22.5. The number of amides is 1. The number of hydrogen-bond donors (Lipinski definition) is 2. The summed E-state index contributed by atoms with van der Waals surface area (Å²) in [6, 6.07) is 20.4. The Hall–Kier alpha value is -3.71. The fourth-order valence-electron chi connectivity index (χ4n) is 3.14. The molecule has 0 radical (unpaired) electrons. The van der Waals surface area contributed by atoms with Gasteiger partial charge in [0.25, 0.3) is 0 Å². The molecular weight excluding hydrogens is 472 g/mol. The zero-order valence-corrected chi connectivity index (χ0v) is 18.5. The van der Waals surface area contributed by atoms with Crippen LogP contribution in [0.5, 0.6) is 0 Å². The maximum atomic E-state index is 12.1. The molecule has 3 aromatic carbocycles. The van der Waals surface area contributed by atoms with Crippen molar-refractivity contribution in [3.05, 3.63) is 94.0 Å². The Morgan fingerprint density at radius 1 is 1.00 bits per heavy atom. The highest BCUT2D eigenvalue weighted by atomic mass is 79.9. The molecule has 7 heteroatoms. The molecule has 0 atom stereocenters. The molecule has 0 aliphatic carbocycles. The van der Waals surface area contributed by atoms with Gasteiger partial charge in [0.2, 0.25) is 11.8 Å². The number of aliphatic carboxylic acids is 1. The average Bonchev–Trinajstić information content (AvgIpc) is 3.20. The second-order valence-corrected chi connectivity index (χ2v) is 8.11. The van der Waals surface area contributed by atoms with Crippen LogP contribution in [-0.2, 0) is 22.6 Å². The molecule has 0 unspecified atom stereocenters. The summed E-state index contributed by atoms with van der Waals surface area (Å²) in [5, 5.41) is 11.8. The van der Waals surface area contributed by atoms with Gasteiger partial charge in [-0.1, -0.05) is 46.3 Å². The SMILES string of the molecule is O=C(O)Cc1ccc2oc(-c3ccc(C=CC(=O)NCc4ccc(Br)cc4)cc3)nc2c1. The summed E-state index contributed by atoms with van der Waals surface area (Å²) < 4.78 is 6.79. The number of hydrogen-bond acceptors (Lipinski definition) is 4. The van der Waals surface area contributed by atoms with E-state index in [4.69, 9.17) is 9.52 Å². The van der Waals surface area contributed by atoms with Crippen LogP contribution in [0.3, 0.4) is 0 Å². The van der Waals surface area contributed by atoms with E-state index in [1.165, 1.54) is 6.08 Å². The van der Waals surface area contributed by atoms with E-state index in [1.807, 2.05) is 48.5 Å². The highest BCUT2D eigenvalue weighted by Crippen LogP contribution is 2.25. The van der Waals surface area contributed by atoms with Crippen LogP contribution in [0.15, 0.2) is 81.7 Å². The molecule has 0 aliphatic heterocycles. The number of carbonyl (C=O) groups excluding carboxylic acids is 1. The molecule has 160 valence electrons. The van der Waals surface area contributed by atoms with Crippen LogP contribution >= 0.6 is 15.9 Å². The minimum absolute atomic E-state index is 0.0597. The van der Waals surface area contributed by atoms with Gasteiger partial charge >= 0.3 is 5.97 Å². The summed E-state index contributed by atoms with van der Waals surface area (Å²) in [6.45, 7) is 0.460. The molecular formula is C25H19BrN2O4. The standard InChI is InChI=1S/C25H19BrN2O4/c26-20-9-3-17(4-10-20)15-27-23(29)12-6-16-1-7-19(8-2-16)25-28-21-13-18(14-24(30)31)5-11-22(21)32-25/h1-13H,14-15H2,(H,27,29)(H,30,31). The largest absolute Gasteiger partial charge is 0.481 e. The maximum Gasteiger partial charge on any atom is 0.307 e. The first-order chi connectivity index (χ1) is 15.5. The first-order valence-electron chi connectivity index (χ1n) is 9.88. The monoisotopic (exact) mass is 490 g/mol. The van der Waals surface area contributed by atoms with Crippen molar-refractivity contribution < 1.29 is 19.1 Å². The predicted octanol–water partition coefficient (Wildman–Crippen LogP) is 5.21. The zero-order valence-electron chi connectivity index (χ0n) is 16.9. The van der Waals surface area contributed by atoms with Crippen LogP contribution in [-0.4, -0.2) is 22.0 Å². The summed E-state index contributed by atoms with van der Waals surface area (Å²) in [5.74, 6) is -0.609. The van der Waals surface area contributed by atoms with E-state index >= 15 is 0 Å². The number of oxazole rings is 1. The van der Waals surface area contributed by atoms with Crippen LogP contribution in [0.25, 0.3) is 28.6 Å². The summed E-state index contributed by atoms with van der Waals surface area (Å²) in [4.78, 5) is 27.4. The molecule has 0 aliphatic rings. The number of rotatable bonds is 7. The molecule has 0 fully saturated rings. The molecule has 32 heavy (non-hydrogen) atoms. The third kappa shape index (κ3) is 5.50. The highest BCUT2D eigenvalue weighted by molar-refractivity contribution is 9.10. The number of carboxylic acid groups (broad SMARTS) is 1. The fourth-order valence-corrected chi connectivity index (χ4v) is 3.40. The Bertz CT molecular complexity index is 1290. The van der Waals surface area contributed by atoms with Gasteiger partial charge in [-0.25, -0.2) is 4.98 Å². The number of carboxylic acids is 1. The highest BCUT2D eigenvalue weighted by Gasteiger charge is 2.10. The lowest BCUT2D eigenvalue weighted by Gasteiger charge is -2.02. The molecule has 4 aromatic rings. The van der Waals surface area contributed by atoms with Crippen molar-refractivity contribution >= 4 is 45.0 Å². The lowest BCUT2D eigenvalue weighted by Crippen LogP contribution is -2.20. The van der Waals surface area contributed by atoms with E-state index in [1.54, 1.807) is 24.3 Å². The minimum Gasteiger partial charge on any atom is -0.481 e. The Morgan fingerprint density at radius 2 is 1.72 bits per heavy atom. The molecule has 0 bridgehead atoms. The molecule has 6 nitrogen and oxygen atoms in total. The van der Waals surface area contributed by atoms with Gasteiger partial charge in [0.05, 0.1) is 6.42 Å². The van der Waals surface area contributed by atoms with Crippen LogP contribution in [0, 0.1) is 0 Å². The smallest absolute Gasteiger partial charge is 0.307 e. The quantitative estimate of drug-likeness (QED) is 0.346. The lowest BCUT2D eigenvalue weighted by molar-refractivity contribution is -0.136. The maximum absolute atomic E-state index is 12.1. The summed E-state index contributed by atoms with van der Waals surface area (Å²) in [6.07, 6.45) is 3.18. The second-order valence-electron chi connectivity index (χ2n) is 7.19. The van der Waals surface area contributed by atoms with Gasteiger partial charge in [-0.2, -0.15) is 0 Å². The van der Waals surface area contributed by atoms with E-state index in [0.29, 0.717) is 29.1 Å². The van der Waals surface area contributed by atoms with Crippen molar-refractivity contribution in [1.82, 2.24) is 10.3 Å². The van der Waals surface area contributed by atoms with E-state index in [9.17, 15) is 9.59 Å². The number of carbonyl (C=O) groups is 2. The molecule has 4 rings (SSSR count). The van der Waals surface area contributed by atoms with Crippen molar-refractivity contribution in [3.8, 4) is 11.5 Å². The van der Waals surface area contributed by atoms with Gasteiger partial charge in [-0.15, -0.1) is 0 Å². The Balaban J connectivity index is 1.39. The number of aromatic nitrogens is 1. The first kappa shape index (κ1) is 21.5. The van der Waals surface area contributed by atoms with Crippen molar-refractivity contribution in [2.24, 2.45) is 0 Å². The molecule has 0 saturated carbocycles. The summed E-state index contributed by atoms with van der Waals surface area (Å²) in [5.41, 5.74) is 4.56. The van der Waals surface area contributed by atoms with Crippen molar-refractivity contribution in [1.29, 1.82) is 0 Å². The Morgan fingerprint density at radius 3 is 2.44 bits per heavy atom. The number of nitrogens with one attached hydrogen (secondary N) is 1. The third-order valence-corrected chi connectivity index (χ3v) is 5.30. The summed E-state index contributed by atoms with van der Waals surface area (Å²) >= 11 is 3.39. The third-order valence-electron chi connectivity index (χ3n) is 4.77. The molecule has 0 spiro atoms. The van der Waals surface area contributed by atoms with Crippen LogP contribution in [0.1, 0.15) is 16.7 Å². The van der Waals surface area contributed by atoms with E-state index in [2.05, 4.69) is 26.2 Å². The van der Waals surface area contributed by atoms with Gasteiger partial charge in [0.15, 0.2) is 5.58 Å². The van der Waals surface area contributed by atoms with Crippen molar-refractivity contribution in [2.45, 2.75) is 13.0 Å². The number of fused-ring (bicyclic) bond motifs is 1. The molecule has 1 heterocycles. The molecule has 1 aromatic heterocycles. The normalized spacial score (nSPS) is 11.2. The van der Waals surface area contributed by atoms with Crippen LogP contribution in [0.4, 0.5) is 0 Å². The first-order valence-corrected chi connectivity index (χ1v) is 10.7. The second kappa shape index (κ2) is 9.62. The van der Waals surface area contributed by atoms with Gasteiger partial charge < -0.3 is 14.8 Å². The number of benzene rings is 3.